The van der Waals surface area contributed by atoms with E-state index in [1.807, 2.05) is 0 Å². The first-order valence-corrected chi connectivity index (χ1v) is 7.82. The van der Waals surface area contributed by atoms with Gasteiger partial charge in [0.25, 0.3) is 5.91 Å². The first-order valence-electron chi connectivity index (χ1n) is 7.82. The third-order valence-electron chi connectivity index (χ3n) is 4.10. The highest BCUT2D eigenvalue weighted by Crippen LogP contribution is 2.20. The van der Waals surface area contributed by atoms with Crippen LogP contribution in [-0.2, 0) is 4.79 Å². The fraction of sp³-hybridized carbons (Fsp3) is 0.412. The van der Waals surface area contributed by atoms with Gasteiger partial charge in [-0.05, 0) is 43.9 Å². The van der Waals surface area contributed by atoms with Crippen LogP contribution >= 0.6 is 0 Å². The normalized spacial score (nSPS) is 21.1. The molecule has 1 heterocycles. The van der Waals surface area contributed by atoms with Crippen molar-refractivity contribution in [1.82, 2.24) is 5.32 Å². The van der Waals surface area contributed by atoms with Gasteiger partial charge in [0.1, 0.15) is 11.3 Å². The fourth-order valence-electron chi connectivity index (χ4n) is 2.81. The van der Waals surface area contributed by atoms with Gasteiger partial charge in [-0.25, -0.2) is 4.79 Å². The molecule has 6 nitrogen and oxygen atoms in total. The molecule has 3 N–H and O–H groups in total. The van der Waals surface area contributed by atoms with Gasteiger partial charge in [0.15, 0.2) is 6.61 Å². The molecule has 2 aromatic rings. The first-order chi connectivity index (χ1) is 11.1. The minimum Gasteiger partial charge on any atom is -0.484 e. The lowest BCUT2D eigenvalue weighted by Crippen LogP contribution is -2.42. The van der Waals surface area contributed by atoms with E-state index in [9.17, 15) is 9.59 Å². The Morgan fingerprint density at radius 2 is 1.96 bits per heavy atom. The van der Waals surface area contributed by atoms with Crippen LogP contribution in [0.1, 0.15) is 25.7 Å². The van der Waals surface area contributed by atoms with Gasteiger partial charge in [-0.2, -0.15) is 0 Å². The molecule has 23 heavy (non-hydrogen) atoms. The average Bonchev–Trinajstić information content (AvgIpc) is 2.54. The summed E-state index contributed by atoms with van der Waals surface area (Å²) in [6, 6.07) is 8.64. The Labute approximate surface area is 133 Å². The van der Waals surface area contributed by atoms with E-state index >= 15 is 0 Å². The number of rotatable bonds is 4. The molecule has 0 unspecified atom stereocenters. The van der Waals surface area contributed by atoms with Crippen molar-refractivity contribution in [3.05, 3.63) is 40.8 Å². The van der Waals surface area contributed by atoms with Gasteiger partial charge >= 0.3 is 5.63 Å². The molecule has 1 fully saturated rings. The standard InChI is InChI=1S/C17H20N2O4/c18-12-3-5-13(6-4-12)19-16(20)10-22-14-7-1-11-2-8-17(21)23-15(11)9-14/h1-2,7-9,12-13H,3-6,10,18H2,(H,19,20). The van der Waals surface area contributed by atoms with Crippen molar-refractivity contribution in [3.63, 3.8) is 0 Å². The molecule has 0 spiro atoms. The van der Waals surface area contributed by atoms with Crippen LogP contribution in [0, 0.1) is 0 Å². The third kappa shape index (κ3) is 4.10. The largest absolute Gasteiger partial charge is 0.484 e. The number of ether oxygens (including phenoxy) is 1. The molecular formula is C17H20N2O4. The lowest BCUT2D eigenvalue weighted by molar-refractivity contribution is -0.124. The molecule has 0 aliphatic heterocycles. The van der Waals surface area contributed by atoms with Crippen LogP contribution in [0.25, 0.3) is 11.0 Å². The van der Waals surface area contributed by atoms with Crippen LogP contribution in [0.3, 0.4) is 0 Å². The highest BCUT2D eigenvalue weighted by Gasteiger charge is 2.20. The maximum Gasteiger partial charge on any atom is 0.336 e. The van der Waals surface area contributed by atoms with Crippen LogP contribution in [-0.4, -0.2) is 24.6 Å². The molecule has 3 rings (SSSR count). The summed E-state index contributed by atoms with van der Waals surface area (Å²) in [4.78, 5) is 23.2. The molecule has 1 aromatic carbocycles. The van der Waals surface area contributed by atoms with Gasteiger partial charge in [-0.15, -0.1) is 0 Å². The van der Waals surface area contributed by atoms with E-state index in [-0.39, 0.29) is 24.6 Å². The molecule has 0 radical (unpaired) electrons. The SMILES string of the molecule is NC1CCC(NC(=O)COc2ccc3ccc(=O)oc3c2)CC1. The zero-order valence-corrected chi connectivity index (χ0v) is 12.8. The highest BCUT2D eigenvalue weighted by molar-refractivity contribution is 5.79. The van der Waals surface area contributed by atoms with Crippen LogP contribution < -0.4 is 21.4 Å². The second-order valence-electron chi connectivity index (χ2n) is 5.92. The second kappa shape index (κ2) is 6.83. The van der Waals surface area contributed by atoms with Crippen molar-refractivity contribution in [3.8, 4) is 5.75 Å². The monoisotopic (exact) mass is 316 g/mol. The molecule has 1 amide bonds. The van der Waals surface area contributed by atoms with Gasteiger partial charge in [0.2, 0.25) is 0 Å². The van der Waals surface area contributed by atoms with Crippen molar-refractivity contribution in [2.75, 3.05) is 6.61 Å². The zero-order chi connectivity index (χ0) is 16.2. The average molecular weight is 316 g/mol. The number of fused-ring (bicyclic) bond motifs is 1. The van der Waals surface area contributed by atoms with Gasteiger partial charge in [0, 0.05) is 29.6 Å². The summed E-state index contributed by atoms with van der Waals surface area (Å²) < 4.78 is 10.6. The summed E-state index contributed by atoms with van der Waals surface area (Å²) in [7, 11) is 0. The Hall–Kier alpha value is -2.34. The molecule has 0 saturated heterocycles. The van der Waals surface area contributed by atoms with Crippen LogP contribution in [0.5, 0.6) is 5.75 Å². The number of nitrogens with one attached hydrogen (secondary N) is 1. The summed E-state index contributed by atoms with van der Waals surface area (Å²) in [5, 5.41) is 3.77. The van der Waals surface area contributed by atoms with Crippen molar-refractivity contribution in [1.29, 1.82) is 0 Å². The number of nitrogens with two attached hydrogens (primary N) is 1. The topological polar surface area (TPSA) is 94.6 Å². The highest BCUT2D eigenvalue weighted by atomic mass is 16.5. The van der Waals surface area contributed by atoms with E-state index in [1.165, 1.54) is 6.07 Å². The predicted octanol–water partition coefficient (Wildman–Crippen LogP) is 1.56. The van der Waals surface area contributed by atoms with Crippen LogP contribution in [0.2, 0.25) is 0 Å². The van der Waals surface area contributed by atoms with E-state index < -0.39 is 5.63 Å². The molecule has 0 atom stereocenters. The van der Waals surface area contributed by atoms with E-state index in [4.69, 9.17) is 14.9 Å². The quantitative estimate of drug-likeness (QED) is 0.835. The van der Waals surface area contributed by atoms with E-state index in [1.54, 1.807) is 24.3 Å². The van der Waals surface area contributed by atoms with Gasteiger partial charge in [0.05, 0.1) is 0 Å². The Kier molecular flexibility index (Phi) is 4.62. The molecule has 6 heteroatoms. The van der Waals surface area contributed by atoms with Crippen LogP contribution in [0.15, 0.2) is 39.5 Å². The summed E-state index contributed by atoms with van der Waals surface area (Å²) in [6.45, 7) is -0.0644. The van der Waals surface area contributed by atoms with E-state index in [0.717, 1.165) is 31.1 Å². The summed E-state index contributed by atoms with van der Waals surface area (Å²) in [5.41, 5.74) is 5.88. The smallest absolute Gasteiger partial charge is 0.336 e. The van der Waals surface area contributed by atoms with Crippen LogP contribution in [0.4, 0.5) is 0 Å². The molecular weight excluding hydrogens is 296 g/mol. The molecule has 1 aliphatic carbocycles. The number of carbonyl (C=O) groups excluding carboxylic acids is 1. The predicted molar refractivity (Wildman–Crippen MR) is 86.4 cm³/mol. The maximum atomic E-state index is 11.9. The maximum absolute atomic E-state index is 11.9. The van der Waals surface area contributed by atoms with Crippen molar-refractivity contribution in [2.45, 2.75) is 37.8 Å². The Morgan fingerprint density at radius 1 is 1.22 bits per heavy atom. The zero-order valence-electron chi connectivity index (χ0n) is 12.8. The van der Waals surface area contributed by atoms with E-state index in [0.29, 0.717) is 11.3 Å². The number of amides is 1. The lowest BCUT2D eigenvalue weighted by Gasteiger charge is -2.26. The number of hydrogen-bond acceptors (Lipinski definition) is 5. The Bertz CT molecular complexity index is 748. The molecule has 1 saturated carbocycles. The fourth-order valence-corrected chi connectivity index (χ4v) is 2.81. The summed E-state index contributed by atoms with van der Waals surface area (Å²) in [5.74, 6) is 0.341. The van der Waals surface area contributed by atoms with Gasteiger partial charge in [-0.3, -0.25) is 4.79 Å². The van der Waals surface area contributed by atoms with Crippen molar-refractivity contribution in [2.24, 2.45) is 5.73 Å². The number of benzene rings is 1. The molecule has 122 valence electrons. The first kappa shape index (κ1) is 15.6. The summed E-state index contributed by atoms with van der Waals surface area (Å²) in [6.07, 6.45) is 3.70. The third-order valence-corrected chi connectivity index (χ3v) is 4.10. The van der Waals surface area contributed by atoms with Gasteiger partial charge in [-0.1, -0.05) is 0 Å². The Morgan fingerprint density at radius 3 is 2.74 bits per heavy atom. The minimum atomic E-state index is -0.414. The molecule has 1 aliphatic rings. The minimum absolute atomic E-state index is 0.0644. The van der Waals surface area contributed by atoms with Crippen molar-refractivity contribution < 1.29 is 13.9 Å². The Balaban J connectivity index is 1.55. The second-order valence-corrected chi connectivity index (χ2v) is 5.92. The molecule has 0 bridgehead atoms. The summed E-state index contributed by atoms with van der Waals surface area (Å²) >= 11 is 0. The van der Waals surface area contributed by atoms with Gasteiger partial charge < -0.3 is 20.2 Å². The van der Waals surface area contributed by atoms with E-state index in [2.05, 4.69) is 5.32 Å². The lowest BCUT2D eigenvalue weighted by atomic mass is 9.92. The molecule has 1 aromatic heterocycles. The number of carbonyl (C=O) groups is 1. The van der Waals surface area contributed by atoms with Crippen molar-refractivity contribution >= 4 is 16.9 Å². The number of hydrogen-bond donors (Lipinski definition) is 2.